The normalized spacial score (nSPS) is 18.7. The topological polar surface area (TPSA) is 41.6 Å². The molecule has 1 fully saturated rings. The molecule has 21 heavy (non-hydrogen) atoms. The predicted octanol–water partition coefficient (Wildman–Crippen LogP) is 3.32. The SMILES string of the molecule is CC(C)NCc1cc(Br)c(OC2CCN(C)C2=O)c(Br)c1. The largest absolute Gasteiger partial charge is 0.478 e. The van der Waals surface area contributed by atoms with Crippen LogP contribution >= 0.6 is 31.9 Å². The first kappa shape index (κ1) is 16.8. The first-order valence-electron chi connectivity index (χ1n) is 7.01. The van der Waals surface area contributed by atoms with E-state index in [-0.39, 0.29) is 12.0 Å². The van der Waals surface area contributed by atoms with Crippen molar-refractivity contribution in [3.05, 3.63) is 26.6 Å². The summed E-state index contributed by atoms with van der Waals surface area (Å²) in [6.45, 7) is 5.77. The van der Waals surface area contributed by atoms with E-state index in [1.54, 1.807) is 11.9 Å². The summed E-state index contributed by atoms with van der Waals surface area (Å²) in [6.07, 6.45) is 0.340. The molecule has 0 aromatic heterocycles. The molecule has 116 valence electrons. The molecule has 1 unspecified atom stereocenters. The zero-order valence-electron chi connectivity index (χ0n) is 12.5. The van der Waals surface area contributed by atoms with Gasteiger partial charge in [-0.2, -0.15) is 0 Å². The van der Waals surface area contributed by atoms with Crippen molar-refractivity contribution >= 4 is 37.8 Å². The van der Waals surface area contributed by atoms with Crippen LogP contribution in [0.1, 0.15) is 25.8 Å². The summed E-state index contributed by atoms with van der Waals surface area (Å²) in [5.74, 6) is 0.733. The number of likely N-dealkylation sites (N-methyl/N-ethyl adjacent to an activating group) is 1. The summed E-state index contributed by atoms with van der Waals surface area (Å²) in [5, 5.41) is 3.38. The van der Waals surface area contributed by atoms with Gasteiger partial charge in [-0.25, -0.2) is 0 Å². The van der Waals surface area contributed by atoms with Crippen molar-refractivity contribution in [2.24, 2.45) is 0 Å². The van der Waals surface area contributed by atoms with Crippen molar-refractivity contribution in [1.29, 1.82) is 0 Å². The van der Waals surface area contributed by atoms with Crippen LogP contribution in [0.2, 0.25) is 0 Å². The maximum absolute atomic E-state index is 11.9. The summed E-state index contributed by atoms with van der Waals surface area (Å²) >= 11 is 7.08. The molecule has 0 aliphatic carbocycles. The van der Waals surface area contributed by atoms with Crippen molar-refractivity contribution in [1.82, 2.24) is 10.2 Å². The van der Waals surface area contributed by atoms with Crippen LogP contribution in [-0.4, -0.2) is 36.5 Å². The van der Waals surface area contributed by atoms with E-state index in [2.05, 4.69) is 51.0 Å². The summed E-state index contributed by atoms with van der Waals surface area (Å²) < 4.78 is 7.62. The fraction of sp³-hybridized carbons (Fsp3) is 0.533. The minimum Gasteiger partial charge on any atom is -0.478 e. The first-order chi connectivity index (χ1) is 9.88. The van der Waals surface area contributed by atoms with E-state index in [0.717, 1.165) is 34.0 Å². The summed E-state index contributed by atoms with van der Waals surface area (Å²) in [5.41, 5.74) is 1.16. The van der Waals surface area contributed by atoms with Crippen LogP contribution in [-0.2, 0) is 11.3 Å². The molecule has 0 bridgehead atoms. The number of nitrogens with zero attached hydrogens (tertiary/aromatic N) is 1. The second kappa shape index (κ2) is 7.11. The highest BCUT2D eigenvalue weighted by atomic mass is 79.9. The Morgan fingerprint density at radius 3 is 2.48 bits per heavy atom. The summed E-state index contributed by atoms with van der Waals surface area (Å²) in [4.78, 5) is 13.6. The van der Waals surface area contributed by atoms with Gasteiger partial charge in [0.05, 0.1) is 8.95 Å². The molecule has 4 nitrogen and oxygen atoms in total. The van der Waals surface area contributed by atoms with Crippen LogP contribution in [0.5, 0.6) is 5.75 Å². The van der Waals surface area contributed by atoms with Gasteiger partial charge in [-0.1, -0.05) is 13.8 Å². The fourth-order valence-corrected chi connectivity index (χ4v) is 3.66. The van der Waals surface area contributed by atoms with Gasteiger partial charge in [-0.15, -0.1) is 0 Å². The Balaban J connectivity index is 2.12. The number of rotatable bonds is 5. The molecule has 1 heterocycles. The van der Waals surface area contributed by atoms with E-state index < -0.39 is 0 Å². The van der Waals surface area contributed by atoms with Gasteiger partial charge in [0.25, 0.3) is 5.91 Å². The highest BCUT2D eigenvalue weighted by Crippen LogP contribution is 2.36. The maximum atomic E-state index is 11.9. The van der Waals surface area contributed by atoms with E-state index in [9.17, 15) is 4.79 Å². The van der Waals surface area contributed by atoms with Crippen LogP contribution in [0, 0.1) is 0 Å². The number of nitrogens with one attached hydrogen (secondary N) is 1. The second-order valence-electron chi connectivity index (χ2n) is 5.58. The lowest BCUT2D eigenvalue weighted by atomic mass is 10.2. The van der Waals surface area contributed by atoms with Crippen molar-refractivity contribution in [3.8, 4) is 5.75 Å². The van der Waals surface area contributed by atoms with E-state index in [1.807, 2.05) is 12.1 Å². The second-order valence-corrected chi connectivity index (χ2v) is 7.29. The Bertz CT molecular complexity index is 511. The quantitative estimate of drug-likeness (QED) is 0.795. The molecule has 0 saturated carbocycles. The molecule has 6 heteroatoms. The van der Waals surface area contributed by atoms with Gasteiger partial charge in [-0.05, 0) is 49.6 Å². The van der Waals surface area contributed by atoms with Crippen LogP contribution in [0.25, 0.3) is 0 Å². The number of ether oxygens (including phenoxy) is 1. The number of hydrogen-bond acceptors (Lipinski definition) is 3. The van der Waals surface area contributed by atoms with Crippen molar-refractivity contribution < 1.29 is 9.53 Å². The number of benzene rings is 1. The number of likely N-dealkylation sites (tertiary alicyclic amines) is 1. The van der Waals surface area contributed by atoms with Gasteiger partial charge in [0, 0.05) is 32.6 Å². The van der Waals surface area contributed by atoms with Gasteiger partial charge < -0.3 is 15.0 Å². The molecular formula is C15H20Br2N2O2. The van der Waals surface area contributed by atoms with Gasteiger partial charge in [0.15, 0.2) is 6.10 Å². The Hall–Kier alpha value is -0.590. The highest BCUT2D eigenvalue weighted by molar-refractivity contribution is 9.11. The predicted molar refractivity (Wildman–Crippen MR) is 90.5 cm³/mol. The number of carbonyl (C=O) groups excluding carboxylic acids is 1. The van der Waals surface area contributed by atoms with Gasteiger partial charge in [0.1, 0.15) is 5.75 Å². The molecule has 0 spiro atoms. The Morgan fingerprint density at radius 1 is 1.38 bits per heavy atom. The molecular weight excluding hydrogens is 400 g/mol. The Morgan fingerprint density at radius 2 is 2.00 bits per heavy atom. The Kier molecular flexibility index (Phi) is 5.68. The van der Waals surface area contributed by atoms with Gasteiger partial charge in [0.2, 0.25) is 0 Å². The smallest absolute Gasteiger partial charge is 0.263 e. The zero-order chi connectivity index (χ0) is 15.6. The summed E-state index contributed by atoms with van der Waals surface area (Å²) in [7, 11) is 1.80. The first-order valence-corrected chi connectivity index (χ1v) is 8.60. The number of halogens is 2. The van der Waals surface area contributed by atoms with Crippen LogP contribution in [0.15, 0.2) is 21.1 Å². The Labute approximate surface area is 142 Å². The monoisotopic (exact) mass is 418 g/mol. The molecule has 0 radical (unpaired) electrons. The number of amides is 1. The lowest BCUT2D eigenvalue weighted by Crippen LogP contribution is -2.29. The van der Waals surface area contributed by atoms with Crippen molar-refractivity contribution in [2.75, 3.05) is 13.6 Å². The maximum Gasteiger partial charge on any atom is 0.263 e. The van der Waals surface area contributed by atoms with Crippen LogP contribution in [0.4, 0.5) is 0 Å². The van der Waals surface area contributed by atoms with Crippen LogP contribution in [0.3, 0.4) is 0 Å². The molecule has 1 aliphatic heterocycles. The average Bonchev–Trinajstić information content (AvgIpc) is 2.72. The molecule has 1 saturated heterocycles. The molecule has 1 N–H and O–H groups in total. The van der Waals surface area contributed by atoms with E-state index in [0.29, 0.717) is 11.8 Å². The van der Waals surface area contributed by atoms with E-state index in [4.69, 9.17) is 4.74 Å². The minimum atomic E-state index is -0.387. The lowest BCUT2D eigenvalue weighted by molar-refractivity contribution is -0.132. The van der Waals surface area contributed by atoms with E-state index >= 15 is 0 Å². The minimum absolute atomic E-state index is 0.0411. The van der Waals surface area contributed by atoms with Gasteiger partial charge >= 0.3 is 0 Å². The molecule has 2 rings (SSSR count). The third-order valence-electron chi connectivity index (χ3n) is 3.41. The number of carbonyl (C=O) groups is 1. The molecule has 1 aliphatic rings. The lowest BCUT2D eigenvalue weighted by Gasteiger charge is -2.17. The zero-order valence-corrected chi connectivity index (χ0v) is 15.6. The third-order valence-corrected chi connectivity index (χ3v) is 4.59. The average molecular weight is 420 g/mol. The standard InChI is InChI=1S/C15H20Br2N2O2/c1-9(2)18-8-10-6-11(16)14(12(17)7-10)21-13-4-5-19(3)15(13)20/h6-7,9,13,18H,4-5,8H2,1-3H3. The molecule has 1 atom stereocenters. The fourth-order valence-electron chi connectivity index (χ4n) is 2.19. The molecule has 1 aromatic carbocycles. The third kappa shape index (κ3) is 4.20. The number of hydrogen-bond donors (Lipinski definition) is 1. The molecule has 1 amide bonds. The highest BCUT2D eigenvalue weighted by Gasteiger charge is 2.31. The van der Waals surface area contributed by atoms with Crippen molar-refractivity contribution in [2.45, 2.75) is 39.0 Å². The molecule has 1 aromatic rings. The van der Waals surface area contributed by atoms with E-state index in [1.165, 1.54) is 0 Å². The van der Waals surface area contributed by atoms with Crippen LogP contribution < -0.4 is 10.1 Å². The van der Waals surface area contributed by atoms with Crippen molar-refractivity contribution in [3.63, 3.8) is 0 Å². The summed E-state index contributed by atoms with van der Waals surface area (Å²) in [6, 6.07) is 4.49. The van der Waals surface area contributed by atoms with Gasteiger partial charge in [-0.3, -0.25) is 4.79 Å².